The highest BCUT2D eigenvalue weighted by atomic mass is 16.5. The second-order valence-corrected chi connectivity index (χ2v) is 12.5. The lowest BCUT2D eigenvalue weighted by Crippen LogP contribution is -2.31. The van der Waals surface area contributed by atoms with Crippen molar-refractivity contribution in [2.24, 2.45) is 0 Å². The molecule has 298 valence electrons. The van der Waals surface area contributed by atoms with Crippen molar-refractivity contribution in [2.75, 3.05) is 78.2 Å². The molecule has 0 saturated carbocycles. The van der Waals surface area contributed by atoms with Crippen LogP contribution in [0, 0.1) is 0 Å². The zero-order valence-corrected chi connectivity index (χ0v) is 33.1. The maximum absolute atomic E-state index is 12.5. The Morgan fingerprint density at radius 3 is 1.47 bits per heavy atom. The van der Waals surface area contributed by atoms with Crippen molar-refractivity contribution in [2.45, 2.75) is 37.1 Å². The van der Waals surface area contributed by atoms with Gasteiger partial charge in [-0.2, -0.15) is 0 Å². The van der Waals surface area contributed by atoms with Gasteiger partial charge in [-0.25, -0.2) is 0 Å². The molecule has 14 heteroatoms. The van der Waals surface area contributed by atoms with E-state index in [0.29, 0.717) is 96.8 Å². The van der Waals surface area contributed by atoms with E-state index in [-0.39, 0.29) is 12.8 Å². The van der Waals surface area contributed by atoms with Crippen LogP contribution in [0.2, 0.25) is 0 Å². The van der Waals surface area contributed by atoms with Crippen molar-refractivity contribution in [3.8, 4) is 69.0 Å². The minimum Gasteiger partial charge on any atom is -0.496 e. The van der Waals surface area contributed by atoms with Gasteiger partial charge in [-0.3, -0.25) is 0 Å². The van der Waals surface area contributed by atoms with Gasteiger partial charge in [-0.05, 0) is 29.8 Å². The lowest BCUT2D eigenvalue weighted by Gasteiger charge is -2.35. The molecule has 55 heavy (non-hydrogen) atoms. The number of benzene rings is 4. The summed E-state index contributed by atoms with van der Waals surface area (Å²) in [5.74, 6) is 4.03. The van der Waals surface area contributed by atoms with Crippen LogP contribution in [-0.2, 0) is 12.8 Å². The maximum atomic E-state index is 12.5. The molecule has 5 rings (SSSR count). The Labute approximate surface area is 321 Å². The molecule has 1 unspecified atom stereocenters. The van der Waals surface area contributed by atoms with E-state index in [4.69, 9.17) is 56.8 Å². The summed E-state index contributed by atoms with van der Waals surface area (Å²) in [5, 5.41) is 24.2. The Morgan fingerprint density at radius 1 is 0.564 bits per heavy atom. The molecule has 0 radical (unpaired) electrons. The fourth-order valence-corrected chi connectivity index (χ4v) is 7.22. The summed E-state index contributed by atoms with van der Waals surface area (Å²) >= 11 is 0. The van der Waals surface area contributed by atoms with Crippen molar-refractivity contribution in [3.05, 3.63) is 70.3 Å². The third kappa shape index (κ3) is 7.69. The Bertz CT molecular complexity index is 1890. The highest BCUT2D eigenvalue weighted by molar-refractivity contribution is 5.65. The number of hydrogen-bond donors (Lipinski definition) is 2. The van der Waals surface area contributed by atoms with Gasteiger partial charge in [0.25, 0.3) is 0 Å². The Balaban J connectivity index is 1.73. The number of ether oxygens (including phenoxy) is 12. The lowest BCUT2D eigenvalue weighted by molar-refractivity contribution is 0.0194. The average molecular weight is 767 g/mol. The third-order valence-electron chi connectivity index (χ3n) is 9.77. The van der Waals surface area contributed by atoms with E-state index in [1.165, 1.54) is 71.1 Å². The Hall–Kier alpha value is -5.60. The van der Waals surface area contributed by atoms with Gasteiger partial charge in [0.1, 0.15) is 34.5 Å². The van der Waals surface area contributed by atoms with Crippen molar-refractivity contribution < 1.29 is 67.1 Å². The van der Waals surface area contributed by atoms with E-state index in [1.54, 1.807) is 49.6 Å². The van der Waals surface area contributed by atoms with Gasteiger partial charge in [-0.15, -0.1) is 0 Å². The largest absolute Gasteiger partial charge is 0.496 e. The predicted octanol–water partition coefficient (Wildman–Crippen LogP) is 5.55. The van der Waals surface area contributed by atoms with Gasteiger partial charge in [0.15, 0.2) is 29.1 Å². The van der Waals surface area contributed by atoms with Crippen molar-refractivity contribution >= 4 is 0 Å². The first-order valence-electron chi connectivity index (χ1n) is 17.3. The van der Waals surface area contributed by atoms with Gasteiger partial charge < -0.3 is 67.1 Å². The molecule has 0 aromatic heterocycles. The monoisotopic (exact) mass is 766 g/mol. The van der Waals surface area contributed by atoms with E-state index >= 15 is 0 Å². The highest BCUT2D eigenvalue weighted by Crippen LogP contribution is 2.53. The van der Waals surface area contributed by atoms with Crippen LogP contribution in [0.15, 0.2) is 42.5 Å². The topological polar surface area (TPSA) is 151 Å². The minimum atomic E-state index is -1.18. The van der Waals surface area contributed by atoms with Crippen LogP contribution in [-0.4, -0.2) is 101 Å². The molecule has 1 heterocycles. The quantitative estimate of drug-likeness (QED) is 0.138. The van der Waals surface area contributed by atoms with E-state index in [0.717, 1.165) is 0 Å². The molecule has 0 fully saturated rings. The van der Waals surface area contributed by atoms with Gasteiger partial charge >= 0.3 is 0 Å². The summed E-state index contributed by atoms with van der Waals surface area (Å²) in [6, 6.07) is 12.2. The number of methoxy groups -OCH3 is 11. The van der Waals surface area contributed by atoms with E-state index in [2.05, 4.69) is 0 Å². The van der Waals surface area contributed by atoms with Gasteiger partial charge in [0, 0.05) is 59.2 Å². The van der Waals surface area contributed by atoms with E-state index in [1.807, 2.05) is 0 Å². The molecule has 2 N–H and O–H groups in total. The van der Waals surface area contributed by atoms with Crippen LogP contribution in [0.5, 0.6) is 69.0 Å². The minimum absolute atomic E-state index is 0.0450. The van der Waals surface area contributed by atoms with Crippen molar-refractivity contribution in [3.63, 3.8) is 0 Å². The number of aliphatic hydroxyl groups is 2. The van der Waals surface area contributed by atoms with Crippen LogP contribution in [0.4, 0.5) is 0 Å². The van der Waals surface area contributed by atoms with Gasteiger partial charge in [-0.1, -0.05) is 0 Å². The maximum Gasteiger partial charge on any atom is 0.203 e. The third-order valence-corrected chi connectivity index (χ3v) is 9.77. The van der Waals surface area contributed by atoms with Crippen molar-refractivity contribution in [1.82, 2.24) is 0 Å². The summed E-state index contributed by atoms with van der Waals surface area (Å²) in [4.78, 5) is 0. The second-order valence-electron chi connectivity index (χ2n) is 12.5. The van der Waals surface area contributed by atoms with Crippen molar-refractivity contribution in [1.29, 1.82) is 0 Å². The number of fused-ring (bicyclic) bond motifs is 1. The molecule has 0 amide bonds. The SMILES string of the molecule is COc1cc(OC)c(C[C@@H](O)C(c2cc(OC)c(OC)c(OC)c2)c2c(OC)cc3c(c2OC)C[C@@H](O)[C@@H](c2cc(OC)c(OC)c(OC)c2)O3)c(OC)c1. The molecule has 4 aromatic carbocycles. The predicted molar refractivity (Wildman–Crippen MR) is 202 cm³/mol. The lowest BCUT2D eigenvalue weighted by atomic mass is 9.80. The summed E-state index contributed by atoms with van der Waals surface area (Å²) in [5.41, 5.74) is 2.83. The number of rotatable bonds is 17. The van der Waals surface area contributed by atoms with E-state index < -0.39 is 24.2 Å². The summed E-state index contributed by atoms with van der Waals surface area (Å²) in [6.45, 7) is 0. The Morgan fingerprint density at radius 2 is 1.04 bits per heavy atom. The molecule has 0 aliphatic carbocycles. The number of aliphatic hydroxyl groups excluding tert-OH is 2. The smallest absolute Gasteiger partial charge is 0.203 e. The first-order valence-corrected chi connectivity index (χ1v) is 17.3. The van der Waals surface area contributed by atoms with Crippen LogP contribution in [0.1, 0.15) is 39.8 Å². The first kappa shape index (κ1) is 40.6. The molecule has 1 aliphatic heterocycles. The van der Waals surface area contributed by atoms with Crippen LogP contribution in [0.3, 0.4) is 0 Å². The van der Waals surface area contributed by atoms with Gasteiger partial charge in [0.2, 0.25) is 11.5 Å². The fraction of sp³-hybridized carbons (Fsp3) is 0.415. The Kier molecular flexibility index (Phi) is 13.1. The fourth-order valence-electron chi connectivity index (χ4n) is 7.22. The summed E-state index contributed by atoms with van der Waals surface area (Å²) < 4.78 is 69.5. The zero-order valence-electron chi connectivity index (χ0n) is 33.1. The van der Waals surface area contributed by atoms with Crippen LogP contribution < -0.4 is 56.8 Å². The van der Waals surface area contributed by atoms with Crippen LogP contribution >= 0.6 is 0 Å². The normalized spacial score (nSPS) is 15.7. The molecule has 0 saturated heterocycles. The number of hydrogen-bond acceptors (Lipinski definition) is 14. The summed E-state index contributed by atoms with van der Waals surface area (Å²) in [7, 11) is 16.8. The second kappa shape index (κ2) is 17.7. The van der Waals surface area contributed by atoms with Crippen LogP contribution in [0.25, 0.3) is 0 Å². The average Bonchev–Trinajstić information content (AvgIpc) is 3.21. The zero-order chi connectivity index (χ0) is 40.0. The summed E-state index contributed by atoms with van der Waals surface area (Å²) in [6.07, 6.45) is -2.88. The molecule has 14 nitrogen and oxygen atoms in total. The molecular weight excluding hydrogens is 716 g/mol. The molecule has 4 aromatic rings. The highest BCUT2D eigenvalue weighted by Gasteiger charge is 2.39. The molecule has 0 spiro atoms. The van der Waals surface area contributed by atoms with Gasteiger partial charge in [0.05, 0.1) is 90.4 Å². The standard InChI is InChI=1S/C41H50O14/c1-44-23-16-28(45-2)24(29(17-23)46-3)18-26(42)36(21-12-32(48-5)40(53-10)33(13-21)49-6)37-31(47-4)20-30-25(39(37)52-9)19-27(43)38(55-30)22-14-34(50-7)41(54-11)35(15-22)51-8/h12-17,20,26-27,36,38,42-43H,18-19H2,1-11H3/t26-,27-,36?,38-/m1/s1. The molecule has 4 atom stereocenters. The first-order chi connectivity index (χ1) is 26.6. The molecule has 1 aliphatic rings. The van der Waals surface area contributed by atoms with E-state index in [9.17, 15) is 10.2 Å². The molecular formula is C41H50O14. The molecule has 0 bridgehead atoms.